The molecule has 0 saturated heterocycles. The van der Waals surface area contributed by atoms with Crippen molar-refractivity contribution in [3.63, 3.8) is 0 Å². The van der Waals surface area contributed by atoms with E-state index in [9.17, 15) is 13.2 Å². The molecule has 0 aliphatic carbocycles. The molecule has 0 saturated carbocycles. The van der Waals surface area contributed by atoms with Gasteiger partial charge in [0.25, 0.3) is 0 Å². The zero-order valence-corrected chi connectivity index (χ0v) is 21.7. The first-order valence-corrected chi connectivity index (χ1v) is 13.5. The average molecular weight is 534 g/mol. The lowest BCUT2D eigenvalue weighted by atomic mass is 9.97. The lowest BCUT2D eigenvalue weighted by molar-refractivity contribution is -0.131. The van der Waals surface area contributed by atoms with Crippen molar-refractivity contribution >= 4 is 27.5 Å². The summed E-state index contributed by atoms with van der Waals surface area (Å²) in [7, 11) is -0.362. The lowest BCUT2D eigenvalue weighted by Gasteiger charge is -2.27. The van der Waals surface area contributed by atoms with Gasteiger partial charge in [-0.25, -0.2) is 8.42 Å². The van der Waals surface area contributed by atoms with Crippen molar-refractivity contribution in [1.82, 2.24) is 14.5 Å². The Kier molecular flexibility index (Phi) is 6.86. The number of hydrogen-bond acceptors (Lipinski definition) is 7. The quantitative estimate of drug-likeness (QED) is 0.545. The second-order valence-corrected chi connectivity index (χ2v) is 11.4. The molecular weight excluding hydrogens is 506 g/mol. The Balaban J connectivity index is 1.28. The molecular formula is C25H28ClN3O6S. The van der Waals surface area contributed by atoms with Gasteiger partial charge in [-0.15, -0.1) is 0 Å². The van der Waals surface area contributed by atoms with Crippen LogP contribution >= 0.6 is 11.6 Å². The molecule has 0 unspecified atom stereocenters. The summed E-state index contributed by atoms with van der Waals surface area (Å²) in [6.45, 7) is 2.59. The molecule has 5 rings (SSSR count). The van der Waals surface area contributed by atoms with Gasteiger partial charge in [0, 0.05) is 43.8 Å². The van der Waals surface area contributed by atoms with Crippen molar-refractivity contribution in [2.75, 3.05) is 60.1 Å². The van der Waals surface area contributed by atoms with Crippen LogP contribution in [0.2, 0.25) is 5.02 Å². The average Bonchev–Trinajstić information content (AvgIpc) is 3.46. The van der Waals surface area contributed by atoms with Gasteiger partial charge in [-0.3, -0.25) is 4.79 Å². The summed E-state index contributed by atoms with van der Waals surface area (Å²) in [6.07, 6.45) is 0. The monoisotopic (exact) mass is 533 g/mol. The van der Waals surface area contributed by atoms with Gasteiger partial charge < -0.3 is 24.4 Å². The molecule has 1 amide bonds. The van der Waals surface area contributed by atoms with Crippen molar-refractivity contribution in [1.29, 1.82) is 0 Å². The Labute approximate surface area is 215 Å². The van der Waals surface area contributed by atoms with E-state index in [0.717, 1.165) is 16.7 Å². The van der Waals surface area contributed by atoms with Crippen LogP contribution in [-0.4, -0.2) is 83.6 Å². The summed E-state index contributed by atoms with van der Waals surface area (Å²) < 4.78 is 44.5. The molecule has 0 radical (unpaired) electrons. The van der Waals surface area contributed by atoms with Crippen LogP contribution in [0.3, 0.4) is 0 Å². The van der Waals surface area contributed by atoms with E-state index < -0.39 is 15.9 Å². The molecule has 1 N–H and O–H groups in total. The Bertz CT molecular complexity index is 1310. The molecule has 36 heavy (non-hydrogen) atoms. The minimum atomic E-state index is -3.72. The highest BCUT2D eigenvalue weighted by Crippen LogP contribution is 2.36. The Hall–Kier alpha value is -2.79. The summed E-state index contributed by atoms with van der Waals surface area (Å²) in [5.41, 5.74) is 2.71. The van der Waals surface area contributed by atoms with E-state index >= 15 is 0 Å². The maximum Gasteiger partial charge on any atom is 0.243 e. The van der Waals surface area contributed by atoms with Crippen LogP contribution < -0.4 is 19.5 Å². The topological polar surface area (TPSA) is 97.4 Å². The van der Waals surface area contributed by atoms with E-state index in [1.807, 2.05) is 6.07 Å². The molecule has 2 aromatic rings. The fraction of sp³-hybridized carbons (Fsp3) is 0.400. The van der Waals surface area contributed by atoms with E-state index in [1.165, 1.54) is 10.4 Å². The molecule has 0 fully saturated rings. The summed E-state index contributed by atoms with van der Waals surface area (Å²) in [5, 5.41) is 3.59. The van der Waals surface area contributed by atoms with Gasteiger partial charge in [0.05, 0.1) is 17.9 Å². The van der Waals surface area contributed by atoms with Crippen LogP contribution in [0, 0.1) is 0 Å². The first-order chi connectivity index (χ1) is 17.3. The molecule has 2 aromatic carbocycles. The van der Waals surface area contributed by atoms with E-state index in [2.05, 4.69) is 5.32 Å². The number of carbonyl (C=O) groups excluding carboxylic acids is 1. The minimum absolute atomic E-state index is 0.0377. The van der Waals surface area contributed by atoms with Gasteiger partial charge in [0.1, 0.15) is 19.0 Å². The number of ether oxygens (including phenoxy) is 3. The van der Waals surface area contributed by atoms with Gasteiger partial charge in [-0.05, 0) is 54.1 Å². The van der Waals surface area contributed by atoms with Crippen LogP contribution in [0.1, 0.15) is 11.5 Å². The van der Waals surface area contributed by atoms with E-state index in [0.29, 0.717) is 55.1 Å². The highest BCUT2D eigenvalue weighted by atomic mass is 35.5. The molecule has 3 aliphatic heterocycles. The van der Waals surface area contributed by atoms with Crippen LogP contribution in [0.4, 0.5) is 0 Å². The summed E-state index contributed by atoms with van der Waals surface area (Å²) >= 11 is 6.25. The van der Waals surface area contributed by atoms with Crippen molar-refractivity contribution in [2.45, 2.75) is 10.8 Å². The van der Waals surface area contributed by atoms with Crippen LogP contribution in [0.5, 0.6) is 17.2 Å². The number of halogens is 1. The highest BCUT2D eigenvalue weighted by molar-refractivity contribution is 7.89. The second-order valence-electron chi connectivity index (χ2n) is 9.01. The molecule has 3 heterocycles. The minimum Gasteiger partial charge on any atom is -0.497 e. The highest BCUT2D eigenvalue weighted by Gasteiger charge is 2.39. The third-order valence-electron chi connectivity index (χ3n) is 6.70. The number of nitrogens with one attached hydrogen (secondary N) is 1. The van der Waals surface area contributed by atoms with Crippen molar-refractivity contribution in [3.8, 4) is 17.2 Å². The van der Waals surface area contributed by atoms with Gasteiger partial charge in [0.15, 0.2) is 11.5 Å². The predicted molar refractivity (Wildman–Crippen MR) is 134 cm³/mol. The summed E-state index contributed by atoms with van der Waals surface area (Å²) in [5.74, 6) is 1.09. The number of methoxy groups -OCH3 is 1. The zero-order chi connectivity index (χ0) is 25.4. The van der Waals surface area contributed by atoms with E-state index in [1.54, 1.807) is 43.3 Å². The summed E-state index contributed by atoms with van der Waals surface area (Å²) in [6, 6.07) is 10.0. The smallest absolute Gasteiger partial charge is 0.243 e. The molecule has 0 spiro atoms. The fourth-order valence-corrected chi connectivity index (χ4v) is 6.56. The molecule has 0 aromatic heterocycles. The second kappa shape index (κ2) is 9.93. The van der Waals surface area contributed by atoms with Gasteiger partial charge in [-0.2, -0.15) is 4.31 Å². The number of likely N-dealkylation sites (N-methyl/N-ethyl adjacent to an activating group) is 1. The number of rotatable bonds is 7. The normalized spacial score (nSPS) is 18.4. The molecule has 192 valence electrons. The van der Waals surface area contributed by atoms with Gasteiger partial charge in [0.2, 0.25) is 15.9 Å². The van der Waals surface area contributed by atoms with Crippen molar-refractivity contribution in [3.05, 3.63) is 58.1 Å². The van der Waals surface area contributed by atoms with Gasteiger partial charge >= 0.3 is 0 Å². The largest absolute Gasteiger partial charge is 0.497 e. The first-order valence-electron chi connectivity index (χ1n) is 11.7. The number of nitrogens with zero attached hydrogens (tertiary/aromatic N) is 2. The maximum atomic E-state index is 13.5. The van der Waals surface area contributed by atoms with Crippen molar-refractivity contribution in [2.24, 2.45) is 0 Å². The first kappa shape index (κ1) is 24.9. The van der Waals surface area contributed by atoms with Gasteiger partial charge in [-0.1, -0.05) is 11.6 Å². The molecule has 1 atom stereocenters. The Morgan fingerprint density at radius 3 is 2.42 bits per heavy atom. The van der Waals surface area contributed by atoms with Crippen LogP contribution in [0.15, 0.2) is 52.4 Å². The molecule has 0 bridgehead atoms. The fourth-order valence-electron chi connectivity index (χ4n) is 4.88. The molecule has 11 heteroatoms. The number of fused-ring (bicyclic) bond motifs is 1. The number of amides is 1. The molecule has 3 aliphatic rings. The van der Waals surface area contributed by atoms with Crippen LogP contribution in [0.25, 0.3) is 0 Å². The number of hydrogen-bond donors (Lipinski definition) is 1. The van der Waals surface area contributed by atoms with Crippen LogP contribution in [-0.2, 0) is 14.8 Å². The SMILES string of the molecule is CNC[C@H](C(=O)N1CC2=C(C1)CN(S(=O)(=O)c1ccc3c(c1)OCCO3)C2)c1cc(Cl)cc(OC)c1. The Morgan fingerprint density at radius 2 is 1.75 bits per heavy atom. The molecule has 9 nitrogen and oxygen atoms in total. The number of carbonyl (C=O) groups is 1. The third-order valence-corrected chi connectivity index (χ3v) is 8.70. The lowest BCUT2D eigenvalue weighted by Crippen LogP contribution is -2.40. The zero-order valence-electron chi connectivity index (χ0n) is 20.1. The predicted octanol–water partition coefficient (Wildman–Crippen LogP) is 2.27. The standard InChI is InChI=1S/C25H28ClN3O6S/c1-27-11-22(16-7-19(26)9-20(8-16)33-2)25(30)28-12-17-14-29(15-18(17)13-28)36(31,32)21-3-4-23-24(10-21)35-6-5-34-23/h3-4,7-10,22,27H,5-6,11-15H2,1-2H3/t22-/m0/s1. The Morgan fingerprint density at radius 1 is 1.06 bits per heavy atom. The number of sulfonamides is 1. The maximum absolute atomic E-state index is 13.5. The van der Waals surface area contributed by atoms with Crippen molar-refractivity contribution < 1.29 is 27.4 Å². The summed E-state index contributed by atoms with van der Waals surface area (Å²) in [4.78, 5) is 15.5. The number of benzene rings is 2. The third kappa shape index (κ3) is 4.66. The van der Waals surface area contributed by atoms with E-state index in [4.69, 9.17) is 25.8 Å². The van der Waals surface area contributed by atoms with E-state index in [-0.39, 0.29) is 23.9 Å².